The molecule has 0 aliphatic carbocycles. The molecule has 2 unspecified atom stereocenters. The Morgan fingerprint density at radius 2 is 1.84 bits per heavy atom. The van der Waals surface area contributed by atoms with Gasteiger partial charge in [-0.2, -0.15) is 0 Å². The highest BCUT2D eigenvalue weighted by molar-refractivity contribution is 5.31. The smallest absolute Gasteiger partial charge is 0.171 e. The van der Waals surface area contributed by atoms with Crippen molar-refractivity contribution in [2.24, 2.45) is 5.73 Å². The first-order valence-electron chi connectivity index (χ1n) is 6.34. The second-order valence-corrected chi connectivity index (χ2v) is 4.30. The molecule has 0 saturated heterocycles. The molecule has 1 aromatic carbocycles. The Kier molecular flexibility index (Phi) is 4.47. The van der Waals surface area contributed by atoms with Crippen molar-refractivity contribution in [3.05, 3.63) is 48.4 Å². The Morgan fingerprint density at radius 1 is 1.16 bits per heavy atom. The van der Waals surface area contributed by atoms with E-state index < -0.39 is 0 Å². The van der Waals surface area contributed by atoms with Crippen LogP contribution in [0.1, 0.15) is 25.2 Å². The second-order valence-electron chi connectivity index (χ2n) is 4.30. The molecule has 1 aromatic heterocycles. The van der Waals surface area contributed by atoms with E-state index in [-0.39, 0.29) is 12.1 Å². The monoisotopic (exact) mass is 261 g/mol. The van der Waals surface area contributed by atoms with E-state index in [1.54, 1.807) is 13.4 Å². The van der Waals surface area contributed by atoms with E-state index in [2.05, 4.69) is 0 Å². The number of hydrogen-bond acceptors (Lipinski definition) is 4. The molecule has 2 N–H and O–H groups in total. The molecule has 0 amide bonds. The molecule has 0 radical (unpaired) electrons. The highest BCUT2D eigenvalue weighted by Gasteiger charge is 2.23. The lowest BCUT2D eigenvalue weighted by Crippen LogP contribution is -2.31. The molecule has 0 spiro atoms. The minimum atomic E-state index is -0.284. The first kappa shape index (κ1) is 13.5. The summed E-state index contributed by atoms with van der Waals surface area (Å²) in [5, 5.41) is 0. The lowest BCUT2D eigenvalue weighted by molar-refractivity contribution is 0.144. The van der Waals surface area contributed by atoms with Gasteiger partial charge in [0.2, 0.25) is 0 Å². The SMILES string of the molecule is CCC(N)C(Oc1ccc(OC)cc1)c1ccco1. The molecule has 4 heteroatoms. The van der Waals surface area contributed by atoms with Crippen LogP contribution in [-0.2, 0) is 0 Å². The van der Waals surface area contributed by atoms with Gasteiger partial charge in [-0.15, -0.1) is 0 Å². The summed E-state index contributed by atoms with van der Waals surface area (Å²) >= 11 is 0. The minimum Gasteiger partial charge on any atom is -0.497 e. The van der Waals surface area contributed by atoms with Gasteiger partial charge in [-0.05, 0) is 42.8 Å². The lowest BCUT2D eigenvalue weighted by atomic mass is 10.1. The first-order chi connectivity index (χ1) is 9.24. The Labute approximate surface area is 113 Å². The van der Waals surface area contributed by atoms with Crippen LogP contribution in [0.5, 0.6) is 11.5 Å². The molecule has 19 heavy (non-hydrogen) atoms. The molecule has 0 saturated carbocycles. The topological polar surface area (TPSA) is 57.6 Å². The Morgan fingerprint density at radius 3 is 2.37 bits per heavy atom. The van der Waals surface area contributed by atoms with E-state index >= 15 is 0 Å². The van der Waals surface area contributed by atoms with E-state index in [0.717, 1.165) is 23.7 Å². The largest absolute Gasteiger partial charge is 0.497 e. The van der Waals surface area contributed by atoms with Crippen molar-refractivity contribution in [1.29, 1.82) is 0 Å². The van der Waals surface area contributed by atoms with Crippen LogP contribution in [0, 0.1) is 0 Å². The average Bonchev–Trinajstić information content (AvgIpc) is 2.98. The van der Waals surface area contributed by atoms with Gasteiger partial charge in [-0.1, -0.05) is 6.92 Å². The molecule has 2 aromatic rings. The summed E-state index contributed by atoms with van der Waals surface area (Å²) < 4.78 is 16.5. The number of furan rings is 1. The molecular formula is C15H19NO3. The van der Waals surface area contributed by atoms with Gasteiger partial charge < -0.3 is 19.6 Å². The summed E-state index contributed by atoms with van der Waals surface area (Å²) in [5.41, 5.74) is 6.10. The van der Waals surface area contributed by atoms with E-state index in [0.29, 0.717) is 0 Å². The van der Waals surface area contributed by atoms with Crippen LogP contribution in [0.25, 0.3) is 0 Å². The van der Waals surface area contributed by atoms with E-state index in [9.17, 15) is 0 Å². The molecule has 1 heterocycles. The second kappa shape index (κ2) is 6.29. The van der Waals surface area contributed by atoms with Crippen molar-refractivity contribution in [1.82, 2.24) is 0 Å². The third kappa shape index (κ3) is 3.29. The number of benzene rings is 1. The van der Waals surface area contributed by atoms with Crippen LogP contribution in [0.3, 0.4) is 0 Å². The van der Waals surface area contributed by atoms with Crippen LogP contribution in [-0.4, -0.2) is 13.2 Å². The molecule has 4 nitrogen and oxygen atoms in total. The number of nitrogens with two attached hydrogens (primary N) is 1. The van der Waals surface area contributed by atoms with Gasteiger partial charge in [0.15, 0.2) is 6.10 Å². The molecule has 0 aliphatic rings. The normalized spacial score (nSPS) is 13.8. The fourth-order valence-electron chi connectivity index (χ4n) is 1.82. The van der Waals surface area contributed by atoms with Gasteiger partial charge in [0.05, 0.1) is 13.4 Å². The average molecular weight is 261 g/mol. The number of hydrogen-bond donors (Lipinski definition) is 1. The number of ether oxygens (including phenoxy) is 2. The summed E-state index contributed by atoms with van der Waals surface area (Å²) in [6.07, 6.45) is 2.15. The van der Waals surface area contributed by atoms with Crippen LogP contribution >= 0.6 is 0 Å². The summed E-state index contributed by atoms with van der Waals surface area (Å²) in [6.45, 7) is 2.03. The van der Waals surface area contributed by atoms with E-state index in [4.69, 9.17) is 19.6 Å². The predicted octanol–water partition coefficient (Wildman–Crippen LogP) is 3.15. The van der Waals surface area contributed by atoms with Crippen LogP contribution in [0.2, 0.25) is 0 Å². The first-order valence-corrected chi connectivity index (χ1v) is 6.34. The molecule has 0 fully saturated rings. The molecular weight excluding hydrogens is 242 g/mol. The molecule has 2 atom stereocenters. The van der Waals surface area contributed by atoms with Gasteiger partial charge >= 0.3 is 0 Å². The van der Waals surface area contributed by atoms with Crippen molar-refractivity contribution >= 4 is 0 Å². The number of methoxy groups -OCH3 is 1. The van der Waals surface area contributed by atoms with Crippen LogP contribution in [0.15, 0.2) is 47.1 Å². The Bertz CT molecular complexity index is 479. The Balaban J connectivity index is 2.15. The van der Waals surface area contributed by atoms with E-state index in [1.165, 1.54) is 0 Å². The van der Waals surface area contributed by atoms with E-state index in [1.807, 2.05) is 43.3 Å². The van der Waals surface area contributed by atoms with Crippen molar-refractivity contribution in [3.63, 3.8) is 0 Å². The molecule has 2 rings (SSSR count). The van der Waals surface area contributed by atoms with Gasteiger partial charge in [0.25, 0.3) is 0 Å². The minimum absolute atomic E-state index is 0.117. The van der Waals surface area contributed by atoms with Crippen molar-refractivity contribution in [2.75, 3.05) is 7.11 Å². The fourth-order valence-corrected chi connectivity index (χ4v) is 1.82. The fraction of sp³-hybridized carbons (Fsp3) is 0.333. The van der Waals surface area contributed by atoms with Crippen molar-refractivity contribution < 1.29 is 13.9 Å². The van der Waals surface area contributed by atoms with Gasteiger partial charge in [0, 0.05) is 6.04 Å². The van der Waals surface area contributed by atoms with Gasteiger partial charge in [-0.3, -0.25) is 0 Å². The standard InChI is InChI=1S/C15H19NO3/c1-3-13(16)15(14-5-4-10-18-14)19-12-8-6-11(17-2)7-9-12/h4-10,13,15H,3,16H2,1-2H3. The third-order valence-corrected chi connectivity index (χ3v) is 3.01. The lowest BCUT2D eigenvalue weighted by Gasteiger charge is -2.22. The molecule has 102 valence electrons. The van der Waals surface area contributed by atoms with Gasteiger partial charge in [0.1, 0.15) is 17.3 Å². The highest BCUT2D eigenvalue weighted by Crippen LogP contribution is 2.27. The van der Waals surface area contributed by atoms with Crippen molar-refractivity contribution in [2.45, 2.75) is 25.5 Å². The number of rotatable bonds is 6. The quantitative estimate of drug-likeness (QED) is 0.867. The summed E-state index contributed by atoms with van der Waals surface area (Å²) in [4.78, 5) is 0. The molecule has 0 aliphatic heterocycles. The zero-order valence-electron chi connectivity index (χ0n) is 11.2. The van der Waals surface area contributed by atoms with Gasteiger partial charge in [-0.25, -0.2) is 0 Å². The summed E-state index contributed by atoms with van der Waals surface area (Å²) in [5.74, 6) is 2.28. The maximum absolute atomic E-state index is 6.10. The maximum Gasteiger partial charge on any atom is 0.171 e. The Hall–Kier alpha value is -1.94. The zero-order valence-corrected chi connectivity index (χ0v) is 11.2. The van der Waals surface area contributed by atoms with Crippen LogP contribution in [0.4, 0.5) is 0 Å². The summed E-state index contributed by atoms with van der Waals surface area (Å²) in [7, 11) is 1.63. The molecule has 0 bridgehead atoms. The summed E-state index contributed by atoms with van der Waals surface area (Å²) in [6, 6.07) is 11.0. The third-order valence-electron chi connectivity index (χ3n) is 3.01. The predicted molar refractivity (Wildman–Crippen MR) is 73.3 cm³/mol. The zero-order chi connectivity index (χ0) is 13.7. The maximum atomic E-state index is 6.10. The highest BCUT2D eigenvalue weighted by atomic mass is 16.5. The van der Waals surface area contributed by atoms with Crippen LogP contribution < -0.4 is 15.2 Å². The van der Waals surface area contributed by atoms with Crippen molar-refractivity contribution in [3.8, 4) is 11.5 Å².